The third-order valence-corrected chi connectivity index (χ3v) is 1.64. The van der Waals surface area contributed by atoms with Crippen LogP contribution in [0.1, 0.15) is 39.0 Å². The molecule has 0 aromatic heterocycles. The quantitative estimate of drug-likeness (QED) is 0.541. The van der Waals surface area contributed by atoms with Crippen molar-refractivity contribution in [1.29, 1.82) is 0 Å². The van der Waals surface area contributed by atoms with Crippen LogP contribution in [0.25, 0.3) is 0 Å². The summed E-state index contributed by atoms with van der Waals surface area (Å²) in [6.45, 7) is 3.96. The third kappa shape index (κ3) is 9.92. The van der Waals surface area contributed by atoms with Crippen LogP contribution in [0.4, 0.5) is 0 Å². The van der Waals surface area contributed by atoms with Gasteiger partial charge in [-0.25, -0.2) is 0 Å². The second kappa shape index (κ2) is 10.9. The Balaban J connectivity index is 2.73. The number of ether oxygens (including phenoxy) is 1. The summed E-state index contributed by atoms with van der Waals surface area (Å²) in [4.78, 5) is 0. The van der Waals surface area contributed by atoms with Crippen molar-refractivity contribution in [2.24, 2.45) is 0 Å². The Bertz CT molecular complexity index is 64.2. The molecule has 0 aromatic carbocycles. The van der Waals surface area contributed by atoms with E-state index in [0.29, 0.717) is 6.61 Å². The molecule has 0 aliphatic carbocycles. The molecule has 1 radical (unpaired) electrons. The van der Waals surface area contributed by atoms with Crippen molar-refractivity contribution in [1.82, 2.24) is 0 Å². The van der Waals surface area contributed by atoms with Crippen LogP contribution in [0.3, 0.4) is 0 Å². The normalized spacial score (nSPS) is 10.5. The SMILES string of the molecule is CCC[CH]CCCOCCCO. The Hall–Kier alpha value is -0.0800. The number of aliphatic hydroxyl groups is 1. The van der Waals surface area contributed by atoms with Crippen molar-refractivity contribution in [3.05, 3.63) is 6.42 Å². The molecule has 0 atom stereocenters. The van der Waals surface area contributed by atoms with Crippen molar-refractivity contribution < 1.29 is 9.84 Å². The van der Waals surface area contributed by atoms with E-state index < -0.39 is 0 Å². The second-order valence-corrected chi connectivity index (χ2v) is 2.91. The summed E-state index contributed by atoms with van der Waals surface area (Å²) in [5.41, 5.74) is 0. The Kier molecular flexibility index (Phi) is 10.8. The monoisotopic (exact) mass is 173 g/mol. The van der Waals surface area contributed by atoms with Crippen molar-refractivity contribution in [2.45, 2.75) is 39.0 Å². The van der Waals surface area contributed by atoms with Crippen LogP contribution in [-0.2, 0) is 4.74 Å². The Morgan fingerprint density at radius 2 is 1.92 bits per heavy atom. The molecule has 2 nitrogen and oxygen atoms in total. The Morgan fingerprint density at radius 1 is 1.17 bits per heavy atom. The fourth-order valence-corrected chi connectivity index (χ4v) is 0.947. The largest absolute Gasteiger partial charge is 0.396 e. The molecule has 0 rings (SSSR count). The van der Waals surface area contributed by atoms with Gasteiger partial charge in [-0.05, 0) is 25.7 Å². The van der Waals surface area contributed by atoms with Gasteiger partial charge in [0.1, 0.15) is 0 Å². The molecule has 0 saturated heterocycles. The summed E-state index contributed by atoms with van der Waals surface area (Å²) in [5, 5.41) is 8.45. The zero-order valence-electron chi connectivity index (χ0n) is 8.09. The van der Waals surface area contributed by atoms with E-state index in [9.17, 15) is 0 Å². The minimum absolute atomic E-state index is 0.238. The standard InChI is InChI=1S/C10H21O2/c1-2-3-4-5-6-9-12-10-7-8-11/h4,11H,2-3,5-10H2,1H3. The molecule has 12 heavy (non-hydrogen) atoms. The molecule has 0 bridgehead atoms. The highest BCUT2D eigenvalue weighted by atomic mass is 16.5. The third-order valence-electron chi connectivity index (χ3n) is 1.64. The van der Waals surface area contributed by atoms with Crippen LogP contribution in [-0.4, -0.2) is 24.9 Å². The van der Waals surface area contributed by atoms with Gasteiger partial charge in [0.2, 0.25) is 0 Å². The highest BCUT2D eigenvalue weighted by molar-refractivity contribution is 4.62. The highest BCUT2D eigenvalue weighted by Crippen LogP contribution is 2.00. The van der Waals surface area contributed by atoms with Gasteiger partial charge in [0.15, 0.2) is 0 Å². The lowest BCUT2D eigenvalue weighted by Crippen LogP contribution is -1.98. The van der Waals surface area contributed by atoms with Crippen LogP contribution in [0.5, 0.6) is 0 Å². The molecule has 1 N–H and O–H groups in total. The fourth-order valence-electron chi connectivity index (χ4n) is 0.947. The number of hydrogen-bond acceptors (Lipinski definition) is 2. The van der Waals surface area contributed by atoms with E-state index in [1.165, 1.54) is 12.8 Å². The van der Waals surface area contributed by atoms with Crippen molar-refractivity contribution >= 4 is 0 Å². The average molecular weight is 173 g/mol. The van der Waals surface area contributed by atoms with E-state index in [-0.39, 0.29) is 6.61 Å². The van der Waals surface area contributed by atoms with Gasteiger partial charge < -0.3 is 9.84 Å². The molecule has 0 aromatic rings. The predicted molar refractivity (Wildman–Crippen MR) is 51.0 cm³/mol. The second-order valence-electron chi connectivity index (χ2n) is 2.91. The number of rotatable bonds is 9. The zero-order chi connectivity index (χ0) is 9.07. The molecule has 2 heteroatoms. The Morgan fingerprint density at radius 3 is 2.58 bits per heavy atom. The van der Waals surface area contributed by atoms with E-state index in [1.807, 2.05) is 0 Å². The lowest BCUT2D eigenvalue weighted by molar-refractivity contribution is 0.114. The number of unbranched alkanes of at least 4 members (excludes halogenated alkanes) is 4. The van der Waals surface area contributed by atoms with Crippen molar-refractivity contribution in [2.75, 3.05) is 19.8 Å². The van der Waals surface area contributed by atoms with Gasteiger partial charge in [-0.2, -0.15) is 0 Å². The van der Waals surface area contributed by atoms with Crippen LogP contribution in [0.2, 0.25) is 0 Å². The fraction of sp³-hybridized carbons (Fsp3) is 0.900. The molecular weight excluding hydrogens is 152 g/mol. The molecule has 73 valence electrons. The van der Waals surface area contributed by atoms with E-state index >= 15 is 0 Å². The van der Waals surface area contributed by atoms with Crippen LogP contribution in [0.15, 0.2) is 0 Å². The minimum Gasteiger partial charge on any atom is -0.396 e. The molecule has 0 aliphatic heterocycles. The average Bonchev–Trinajstić information content (AvgIpc) is 2.10. The highest BCUT2D eigenvalue weighted by Gasteiger charge is 1.89. The summed E-state index contributed by atoms with van der Waals surface area (Å²) >= 11 is 0. The number of hydrogen-bond donors (Lipinski definition) is 1. The van der Waals surface area contributed by atoms with Gasteiger partial charge in [-0.1, -0.05) is 19.8 Å². The Labute approximate surface area is 75.9 Å². The van der Waals surface area contributed by atoms with Crippen molar-refractivity contribution in [3.8, 4) is 0 Å². The molecule has 0 spiro atoms. The van der Waals surface area contributed by atoms with Crippen molar-refractivity contribution in [3.63, 3.8) is 0 Å². The van der Waals surface area contributed by atoms with Gasteiger partial charge in [-0.15, -0.1) is 0 Å². The van der Waals surface area contributed by atoms with Gasteiger partial charge in [0.05, 0.1) is 0 Å². The van der Waals surface area contributed by atoms with E-state index in [2.05, 4.69) is 13.3 Å². The molecule has 0 heterocycles. The predicted octanol–water partition coefficient (Wildman–Crippen LogP) is 2.17. The summed E-state index contributed by atoms with van der Waals surface area (Å²) in [7, 11) is 0. The zero-order valence-corrected chi connectivity index (χ0v) is 8.09. The molecule has 0 saturated carbocycles. The molecule has 0 unspecified atom stereocenters. The molecule has 0 amide bonds. The summed E-state index contributed by atoms with van der Waals surface area (Å²) in [6.07, 6.45) is 7.81. The van der Waals surface area contributed by atoms with Crippen LogP contribution in [0, 0.1) is 6.42 Å². The minimum atomic E-state index is 0.238. The van der Waals surface area contributed by atoms with E-state index in [0.717, 1.165) is 25.9 Å². The van der Waals surface area contributed by atoms with Gasteiger partial charge >= 0.3 is 0 Å². The van der Waals surface area contributed by atoms with Gasteiger partial charge in [0.25, 0.3) is 0 Å². The maximum absolute atomic E-state index is 8.45. The lowest BCUT2D eigenvalue weighted by atomic mass is 10.2. The first-order chi connectivity index (χ1) is 5.91. The van der Waals surface area contributed by atoms with Crippen LogP contribution >= 0.6 is 0 Å². The first kappa shape index (κ1) is 11.9. The molecule has 0 aliphatic rings. The smallest absolute Gasteiger partial charge is 0.0487 e. The summed E-state index contributed by atoms with van der Waals surface area (Å²) in [6, 6.07) is 0. The van der Waals surface area contributed by atoms with Gasteiger partial charge in [-0.3, -0.25) is 0 Å². The maximum Gasteiger partial charge on any atom is 0.0487 e. The van der Waals surface area contributed by atoms with Crippen LogP contribution < -0.4 is 0 Å². The molecular formula is C10H21O2. The number of aliphatic hydroxyl groups excluding tert-OH is 1. The first-order valence-corrected chi connectivity index (χ1v) is 4.92. The lowest BCUT2D eigenvalue weighted by Gasteiger charge is -2.01. The molecule has 0 fully saturated rings. The summed E-state index contributed by atoms with van der Waals surface area (Å²) in [5.74, 6) is 0. The maximum atomic E-state index is 8.45. The first-order valence-electron chi connectivity index (χ1n) is 4.92. The van der Waals surface area contributed by atoms with E-state index in [1.54, 1.807) is 0 Å². The summed E-state index contributed by atoms with van der Waals surface area (Å²) < 4.78 is 5.27. The topological polar surface area (TPSA) is 29.5 Å². The van der Waals surface area contributed by atoms with Gasteiger partial charge in [0, 0.05) is 19.8 Å². The van der Waals surface area contributed by atoms with E-state index in [4.69, 9.17) is 9.84 Å².